The molecule has 1 fully saturated rings. The number of aromatic amines is 1. The summed E-state index contributed by atoms with van der Waals surface area (Å²) in [7, 11) is 1.31. The van der Waals surface area contributed by atoms with Gasteiger partial charge in [-0.05, 0) is 0 Å². The fourth-order valence-corrected chi connectivity index (χ4v) is 2.68. The van der Waals surface area contributed by atoms with E-state index in [4.69, 9.17) is 15.2 Å². The normalized spacial score (nSPS) is 31.9. The van der Waals surface area contributed by atoms with Crippen LogP contribution in [-0.4, -0.2) is 50.3 Å². The Labute approximate surface area is 123 Å². The number of nitrogens with two attached hydrogens (primary N) is 1. The summed E-state index contributed by atoms with van der Waals surface area (Å²) < 4.78 is 26.1. The number of fused-ring (bicyclic) bond motifs is 1. The third-order valence-electron chi connectivity index (χ3n) is 3.77. The van der Waals surface area contributed by atoms with Crippen LogP contribution in [0.25, 0.3) is 11.2 Å². The number of hydrogen-bond donors (Lipinski definition) is 3. The number of methoxy groups -OCH3 is 1. The topological polar surface area (TPSA) is 128 Å². The standard InChI is InChI=1S/C12H16FN5O4/c1-5-7(19)12(13,3-21-2)22-10(5)18-4-15-6-8(18)16-11(14)17-9(6)20/h4-5,7,10,19H,3H2,1-2H3,(H3,14,16,17,20). The van der Waals surface area contributed by atoms with Gasteiger partial charge in [-0.3, -0.25) is 14.3 Å². The molecule has 3 heterocycles. The van der Waals surface area contributed by atoms with E-state index in [0.29, 0.717) is 0 Å². The molecule has 1 aliphatic heterocycles. The predicted octanol–water partition coefficient (Wildman–Crippen LogP) is -0.460. The van der Waals surface area contributed by atoms with Gasteiger partial charge in [0.05, 0.1) is 6.33 Å². The highest BCUT2D eigenvalue weighted by Crippen LogP contribution is 2.43. The Morgan fingerprint density at radius 3 is 3.09 bits per heavy atom. The van der Waals surface area contributed by atoms with Crippen LogP contribution < -0.4 is 11.3 Å². The molecule has 3 rings (SSSR count). The fourth-order valence-electron chi connectivity index (χ4n) is 2.68. The van der Waals surface area contributed by atoms with Crippen molar-refractivity contribution in [2.24, 2.45) is 5.92 Å². The van der Waals surface area contributed by atoms with E-state index in [2.05, 4.69) is 15.0 Å². The second-order valence-electron chi connectivity index (χ2n) is 5.31. The van der Waals surface area contributed by atoms with Crippen LogP contribution in [0.1, 0.15) is 13.2 Å². The third-order valence-corrected chi connectivity index (χ3v) is 3.77. The molecule has 0 aliphatic carbocycles. The monoisotopic (exact) mass is 313 g/mol. The minimum atomic E-state index is -2.35. The molecule has 2 aromatic rings. The van der Waals surface area contributed by atoms with Gasteiger partial charge in [0.1, 0.15) is 18.9 Å². The Hall–Kier alpha value is -2.04. The average Bonchev–Trinajstić information content (AvgIpc) is 2.95. The third kappa shape index (κ3) is 2.07. The smallest absolute Gasteiger partial charge is 0.280 e. The quantitative estimate of drug-likeness (QED) is 0.699. The van der Waals surface area contributed by atoms with Gasteiger partial charge in [0.15, 0.2) is 11.2 Å². The van der Waals surface area contributed by atoms with Crippen LogP contribution in [0, 0.1) is 5.92 Å². The number of ether oxygens (including phenoxy) is 2. The summed E-state index contributed by atoms with van der Waals surface area (Å²) in [6.07, 6.45) is -0.984. The molecule has 9 nitrogen and oxygen atoms in total. The zero-order chi connectivity index (χ0) is 16.1. The Balaban J connectivity index is 2.07. The number of aliphatic hydroxyl groups excluding tert-OH is 1. The lowest BCUT2D eigenvalue weighted by molar-refractivity contribution is -0.210. The summed E-state index contributed by atoms with van der Waals surface area (Å²) in [5.74, 6) is -3.05. The number of anilines is 1. The van der Waals surface area contributed by atoms with Crippen LogP contribution in [0.4, 0.5) is 10.3 Å². The van der Waals surface area contributed by atoms with E-state index in [1.807, 2.05) is 0 Å². The number of nitrogens with one attached hydrogen (secondary N) is 1. The summed E-state index contributed by atoms with van der Waals surface area (Å²) in [5.41, 5.74) is 5.24. The molecular formula is C12H16FN5O4. The number of imidazole rings is 1. The number of hydrogen-bond acceptors (Lipinski definition) is 7. The van der Waals surface area contributed by atoms with E-state index in [1.54, 1.807) is 6.92 Å². The molecule has 4 N–H and O–H groups in total. The van der Waals surface area contributed by atoms with Crippen molar-refractivity contribution in [3.05, 3.63) is 16.7 Å². The zero-order valence-electron chi connectivity index (χ0n) is 12.0. The first-order valence-electron chi connectivity index (χ1n) is 6.63. The number of halogens is 1. The number of aromatic nitrogens is 4. The SMILES string of the molecule is COCC1(F)OC(n2cnc3c(=O)[nH]c(N)nc32)C(C)C1O. The maximum absolute atomic E-state index is 14.6. The molecule has 2 aromatic heterocycles. The highest BCUT2D eigenvalue weighted by Gasteiger charge is 2.54. The highest BCUT2D eigenvalue weighted by molar-refractivity contribution is 5.70. The van der Waals surface area contributed by atoms with Gasteiger partial charge >= 0.3 is 0 Å². The maximum Gasteiger partial charge on any atom is 0.280 e. The van der Waals surface area contributed by atoms with Gasteiger partial charge in [-0.1, -0.05) is 6.92 Å². The van der Waals surface area contributed by atoms with Crippen LogP contribution in [-0.2, 0) is 9.47 Å². The molecule has 0 saturated carbocycles. The molecule has 4 atom stereocenters. The molecular weight excluding hydrogens is 297 g/mol. The first-order chi connectivity index (χ1) is 10.4. The summed E-state index contributed by atoms with van der Waals surface area (Å²) in [4.78, 5) is 22.0. The van der Waals surface area contributed by atoms with E-state index in [-0.39, 0.29) is 17.1 Å². The molecule has 10 heteroatoms. The Morgan fingerprint density at radius 2 is 2.41 bits per heavy atom. The van der Waals surface area contributed by atoms with Crippen molar-refractivity contribution >= 4 is 17.1 Å². The lowest BCUT2D eigenvalue weighted by Gasteiger charge is -2.22. The van der Waals surface area contributed by atoms with E-state index < -0.39 is 36.3 Å². The molecule has 1 aliphatic rings. The van der Waals surface area contributed by atoms with Crippen LogP contribution >= 0.6 is 0 Å². The number of H-pyrrole nitrogens is 1. The zero-order valence-corrected chi connectivity index (χ0v) is 12.0. The van der Waals surface area contributed by atoms with Gasteiger partial charge in [0, 0.05) is 13.0 Å². The van der Waals surface area contributed by atoms with Gasteiger partial charge in [-0.25, -0.2) is 9.37 Å². The molecule has 4 unspecified atom stereocenters. The van der Waals surface area contributed by atoms with E-state index in [9.17, 15) is 14.3 Å². The molecule has 0 bridgehead atoms. The van der Waals surface area contributed by atoms with E-state index in [0.717, 1.165) is 0 Å². The number of aliphatic hydroxyl groups is 1. The largest absolute Gasteiger partial charge is 0.387 e. The van der Waals surface area contributed by atoms with Crippen molar-refractivity contribution < 1.29 is 19.0 Å². The van der Waals surface area contributed by atoms with Gasteiger partial charge in [-0.15, -0.1) is 0 Å². The number of rotatable bonds is 3. The Morgan fingerprint density at radius 1 is 1.68 bits per heavy atom. The van der Waals surface area contributed by atoms with Crippen molar-refractivity contribution in [1.82, 2.24) is 19.5 Å². The minimum Gasteiger partial charge on any atom is -0.387 e. The van der Waals surface area contributed by atoms with Crippen molar-refractivity contribution in [1.29, 1.82) is 0 Å². The van der Waals surface area contributed by atoms with Crippen molar-refractivity contribution in [2.75, 3.05) is 19.5 Å². The second-order valence-corrected chi connectivity index (χ2v) is 5.31. The first-order valence-corrected chi connectivity index (χ1v) is 6.63. The summed E-state index contributed by atoms with van der Waals surface area (Å²) in [6, 6.07) is 0. The lowest BCUT2D eigenvalue weighted by Crippen LogP contribution is -2.40. The van der Waals surface area contributed by atoms with Gasteiger partial charge in [0.25, 0.3) is 11.4 Å². The molecule has 0 aromatic carbocycles. The lowest BCUT2D eigenvalue weighted by atomic mass is 10.0. The van der Waals surface area contributed by atoms with Crippen LogP contribution in [0.2, 0.25) is 0 Å². The number of alkyl halides is 1. The molecule has 1 saturated heterocycles. The molecule has 0 radical (unpaired) electrons. The molecule has 0 spiro atoms. The van der Waals surface area contributed by atoms with Gasteiger partial charge < -0.3 is 20.3 Å². The summed E-state index contributed by atoms with van der Waals surface area (Å²) in [6.45, 7) is 1.20. The molecule has 0 amide bonds. The average molecular weight is 313 g/mol. The van der Waals surface area contributed by atoms with E-state index in [1.165, 1.54) is 18.0 Å². The Kier molecular flexibility index (Phi) is 3.38. The second kappa shape index (κ2) is 5.00. The minimum absolute atomic E-state index is 0.0580. The van der Waals surface area contributed by atoms with Crippen molar-refractivity contribution in [3.8, 4) is 0 Å². The number of nitrogen functional groups attached to an aromatic ring is 1. The van der Waals surface area contributed by atoms with Crippen LogP contribution in [0.15, 0.2) is 11.1 Å². The fraction of sp³-hybridized carbons (Fsp3) is 0.583. The Bertz CT molecular complexity index is 762. The van der Waals surface area contributed by atoms with Crippen molar-refractivity contribution in [3.63, 3.8) is 0 Å². The predicted molar refractivity (Wildman–Crippen MR) is 73.6 cm³/mol. The summed E-state index contributed by atoms with van der Waals surface area (Å²) >= 11 is 0. The maximum atomic E-state index is 14.6. The highest BCUT2D eigenvalue weighted by atomic mass is 19.2. The van der Waals surface area contributed by atoms with Crippen LogP contribution in [0.5, 0.6) is 0 Å². The van der Waals surface area contributed by atoms with Gasteiger partial charge in [-0.2, -0.15) is 4.98 Å². The molecule has 22 heavy (non-hydrogen) atoms. The van der Waals surface area contributed by atoms with Gasteiger partial charge in [0.2, 0.25) is 5.95 Å². The van der Waals surface area contributed by atoms with Crippen LogP contribution in [0.3, 0.4) is 0 Å². The van der Waals surface area contributed by atoms with Crippen molar-refractivity contribution in [2.45, 2.75) is 25.1 Å². The number of nitrogens with zero attached hydrogens (tertiary/aromatic N) is 3. The molecule has 120 valence electrons. The van der Waals surface area contributed by atoms with E-state index >= 15 is 0 Å². The summed E-state index contributed by atoms with van der Waals surface area (Å²) in [5, 5.41) is 10.1. The first kappa shape index (κ1) is 14.9.